The number of piperidine rings is 1. The van der Waals surface area contributed by atoms with Crippen molar-refractivity contribution in [1.29, 1.82) is 0 Å². The second kappa shape index (κ2) is 11.2. The summed E-state index contributed by atoms with van der Waals surface area (Å²) in [5.41, 5.74) is 2.47. The van der Waals surface area contributed by atoms with E-state index in [1.165, 1.54) is 17.3 Å². The van der Waals surface area contributed by atoms with Gasteiger partial charge in [0.2, 0.25) is 5.91 Å². The molecule has 1 fully saturated rings. The van der Waals surface area contributed by atoms with Crippen LogP contribution in [0.2, 0.25) is 0 Å². The van der Waals surface area contributed by atoms with Crippen molar-refractivity contribution >= 4 is 22.8 Å². The van der Waals surface area contributed by atoms with E-state index in [4.69, 9.17) is 0 Å². The Hall–Kier alpha value is -2.11. The van der Waals surface area contributed by atoms with Crippen molar-refractivity contribution < 1.29 is 9.59 Å². The summed E-state index contributed by atoms with van der Waals surface area (Å²) in [7, 11) is 0. The van der Waals surface area contributed by atoms with Gasteiger partial charge in [-0.3, -0.25) is 14.5 Å². The lowest BCUT2D eigenvalue weighted by Gasteiger charge is -2.33. The van der Waals surface area contributed by atoms with E-state index in [2.05, 4.69) is 34.5 Å². The van der Waals surface area contributed by atoms with E-state index >= 15 is 0 Å². The monoisotopic (exact) mass is 410 g/mol. The van der Waals surface area contributed by atoms with E-state index < -0.39 is 0 Å². The van der Waals surface area contributed by atoms with Crippen LogP contribution < -0.4 is 5.32 Å². The van der Waals surface area contributed by atoms with Crippen molar-refractivity contribution in [3.63, 3.8) is 0 Å². The molecule has 0 saturated carbocycles. The van der Waals surface area contributed by atoms with Gasteiger partial charge in [0.25, 0.3) is 0 Å². The molecule has 1 amide bonds. The molecule has 1 unspecified atom stereocenters. The molecular formula is C24H30N2O2S. The molecule has 1 N–H and O–H groups in total. The largest absolute Gasteiger partial charge is 0.353 e. The van der Waals surface area contributed by atoms with Crippen molar-refractivity contribution in [2.75, 3.05) is 18.8 Å². The third-order valence-electron chi connectivity index (χ3n) is 5.37. The molecule has 1 aliphatic rings. The highest BCUT2D eigenvalue weighted by atomic mass is 32.2. The number of nitrogens with zero attached hydrogens (tertiary/aromatic N) is 1. The SMILES string of the molecule is CC(=O)SCC(Cc1ccccc1)C(=O)NC1CCN(Cc2ccccc2)CC1. The molecule has 0 bridgehead atoms. The summed E-state index contributed by atoms with van der Waals surface area (Å²) in [5, 5.41) is 3.32. The number of likely N-dealkylation sites (tertiary alicyclic amines) is 1. The molecule has 154 valence electrons. The summed E-state index contributed by atoms with van der Waals surface area (Å²) < 4.78 is 0. The molecule has 2 aromatic rings. The molecule has 1 atom stereocenters. The van der Waals surface area contributed by atoms with Gasteiger partial charge in [0.05, 0.1) is 5.92 Å². The van der Waals surface area contributed by atoms with Gasteiger partial charge >= 0.3 is 0 Å². The first-order valence-corrected chi connectivity index (χ1v) is 11.3. The topological polar surface area (TPSA) is 49.4 Å². The molecule has 1 saturated heterocycles. The van der Waals surface area contributed by atoms with Gasteiger partial charge in [-0.2, -0.15) is 0 Å². The van der Waals surface area contributed by atoms with E-state index in [0.29, 0.717) is 12.2 Å². The predicted octanol–water partition coefficient (Wildman–Crippen LogP) is 3.91. The molecule has 0 aliphatic carbocycles. The van der Waals surface area contributed by atoms with Crippen LogP contribution in [-0.4, -0.2) is 40.8 Å². The number of rotatable bonds is 8. The van der Waals surface area contributed by atoms with Crippen LogP contribution in [0.3, 0.4) is 0 Å². The highest BCUT2D eigenvalue weighted by Gasteiger charge is 2.25. The average molecular weight is 411 g/mol. The van der Waals surface area contributed by atoms with E-state index in [0.717, 1.165) is 38.0 Å². The van der Waals surface area contributed by atoms with Gasteiger partial charge in [0.1, 0.15) is 0 Å². The summed E-state index contributed by atoms with van der Waals surface area (Å²) in [6.45, 7) is 4.51. The summed E-state index contributed by atoms with van der Waals surface area (Å²) in [5.74, 6) is 0.417. The van der Waals surface area contributed by atoms with Crippen molar-refractivity contribution in [2.45, 2.75) is 38.8 Å². The maximum absolute atomic E-state index is 13.0. The Balaban J connectivity index is 1.50. The lowest BCUT2D eigenvalue weighted by molar-refractivity contribution is -0.125. The Labute approximate surface area is 178 Å². The number of thioether (sulfide) groups is 1. The van der Waals surface area contributed by atoms with Gasteiger partial charge in [-0.1, -0.05) is 72.4 Å². The zero-order valence-electron chi connectivity index (χ0n) is 17.0. The summed E-state index contributed by atoms with van der Waals surface area (Å²) in [6.07, 6.45) is 2.60. The van der Waals surface area contributed by atoms with Gasteiger partial charge in [0.15, 0.2) is 5.12 Å². The minimum atomic E-state index is -0.186. The van der Waals surface area contributed by atoms with Gasteiger partial charge in [-0.15, -0.1) is 0 Å². The second-order valence-corrected chi connectivity index (χ2v) is 8.93. The lowest BCUT2D eigenvalue weighted by atomic mass is 9.98. The molecule has 5 heteroatoms. The minimum Gasteiger partial charge on any atom is -0.353 e. The van der Waals surface area contributed by atoms with Crippen LogP contribution in [0.25, 0.3) is 0 Å². The van der Waals surface area contributed by atoms with Crippen LogP contribution >= 0.6 is 11.8 Å². The maximum Gasteiger partial charge on any atom is 0.224 e. The predicted molar refractivity (Wildman–Crippen MR) is 120 cm³/mol. The fraction of sp³-hybridized carbons (Fsp3) is 0.417. The molecule has 1 aliphatic heterocycles. The first-order chi connectivity index (χ1) is 14.1. The normalized spacial score (nSPS) is 16.3. The van der Waals surface area contributed by atoms with Crippen LogP contribution in [0.4, 0.5) is 0 Å². The van der Waals surface area contributed by atoms with E-state index in [1.54, 1.807) is 6.92 Å². The highest BCUT2D eigenvalue weighted by molar-refractivity contribution is 8.13. The molecule has 0 radical (unpaired) electrons. The Kier molecular flexibility index (Phi) is 8.32. The van der Waals surface area contributed by atoms with E-state index in [1.807, 2.05) is 36.4 Å². The zero-order chi connectivity index (χ0) is 20.5. The first-order valence-electron chi connectivity index (χ1n) is 10.3. The standard InChI is InChI=1S/C24H30N2O2S/c1-19(27)29-18-22(16-20-8-4-2-5-9-20)24(28)25-23-12-14-26(15-13-23)17-21-10-6-3-7-11-21/h2-11,22-23H,12-18H2,1H3,(H,25,28). The van der Waals surface area contributed by atoms with Crippen molar-refractivity contribution in [2.24, 2.45) is 5.92 Å². The van der Waals surface area contributed by atoms with Crippen molar-refractivity contribution in [3.05, 3.63) is 71.8 Å². The first kappa shape index (κ1) is 21.6. The number of carbonyl (C=O) groups is 2. The van der Waals surface area contributed by atoms with Gasteiger partial charge in [0, 0.05) is 38.4 Å². The van der Waals surface area contributed by atoms with Gasteiger partial charge in [-0.25, -0.2) is 0 Å². The van der Waals surface area contributed by atoms with Gasteiger partial charge < -0.3 is 5.32 Å². The molecule has 0 spiro atoms. The number of nitrogens with one attached hydrogen (secondary N) is 1. The number of hydrogen-bond donors (Lipinski definition) is 1. The highest BCUT2D eigenvalue weighted by Crippen LogP contribution is 2.18. The van der Waals surface area contributed by atoms with Crippen LogP contribution in [-0.2, 0) is 22.6 Å². The smallest absolute Gasteiger partial charge is 0.224 e. The van der Waals surface area contributed by atoms with Crippen molar-refractivity contribution in [1.82, 2.24) is 10.2 Å². The summed E-state index contributed by atoms with van der Waals surface area (Å²) in [6, 6.07) is 20.8. The van der Waals surface area contributed by atoms with Crippen LogP contribution in [0, 0.1) is 5.92 Å². The summed E-state index contributed by atoms with van der Waals surface area (Å²) >= 11 is 1.24. The third kappa shape index (κ3) is 7.33. The molecule has 2 aromatic carbocycles. The minimum absolute atomic E-state index is 0.0603. The number of carbonyl (C=O) groups excluding carboxylic acids is 2. The second-order valence-electron chi connectivity index (χ2n) is 7.73. The van der Waals surface area contributed by atoms with Crippen LogP contribution in [0.1, 0.15) is 30.9 Å². The quantitative estimate of drug-likeness (QED) is 0.717. The van der Waals surface area contributed by atoms with E-state index in [-0.39, 0.29) is 23.0 Å². The average Bonchev–Trinajstić information content (AvgIpc) is 2.74. The summed E-state index contributed by atoms with van der Waals surface area (Å²) in [4.78, 5) is 26.8. The van der Waals surface area contributed by atoms with Crippen molar-refractivity contribution in [3.8, 4) is 0 Å². The lowest BCUT2D eigenvalue weighted by Crippen LogP contribution is -2.46. The fourth-order valence-electron chi connectivity index (χ4n) is 3.74. The number of hydrogen-bond acceptors (Lipinski definition) is 4. The maximum atomic E-state index is 13.0. The molecular weight excluding hydrogens is 380 g/mol. The zero-order valence-corrected chi connectivity index (χ0v) is 17.9. The Morgan fingerprint density at radius 1 is 1.00 bits per heavy atom. The Morgan fingerprint density at radius 3 is 2.17 bits per heavy atom. The Bertz CT molecular complexity index is 774. The number of benzene rings is 2. The van der Waals surface area contributed by atoms with E-state index in [9.17, 15) is 9.59 Å². The fourth-order valence-corrected chi connectivity index (χ4v) is 4.45. The molecule has 1 heterocycles. The Morgan fingerprint density at radius 2 is 1.59 bits per heavy atom. The molecule has 3 rings (SSSR count). The molecule has 29 heavy (non-hydrogen) atoms. The molecule has 4 nitrogen and oxygen atoms in total. The number of amides is 1. The third-order valence-corrected chi connectivity index (χ3v) is 6.34. The van der Waals surface area contributed by atoms with Crippen LogP contribution in [0.15, 0.2) is 60.7 Å². The van der Waals surface area contributed by atoms with Crippen LogP contribution in [0.5, 0.6) is 0 Å². The molecule has 0 aromatic heterocycles. The van der Waals surface area contributed by atoms with Gasteiger partial charge in [-0.05, 0) is 30.4 Å².